The molecule has 0 aliphatic heterocycles. The second-order valence-corrected chi connectivity index (χ2v) is 6.65. The summed E-state index contributed by atoms with van der Waals surface area (Å²) in [6, 6.07) is 8.92. The molecule has 0 bridgehead atoms. The summed E-state index contributed by atoms with van der Waals surface area (Å²) >= 11 is 11.3. The summed E-state index contributed by atoms with van der Waals surface area (Å²) in [7, 11) is 0. The van der Waals surface area contributed by atoms with E-state index in [4.69, 9.17) is 11.6 Å². The van der Waals surface area contributed by atoms with Gasteiger partial charge in [-0.2, -0.15) is 0 Å². The molecule has 90 valence electrons. The van der Waals surface area contributed by atoms with E-state index < -0.39 is 0 Å². The van der Waals surface area contributed by atoms with E-state index in [-0.39, 0.29) is 10.6 Å². The molecule has 4 heteroatoms. The molecule has 1 aromatic carbocycles. The first kappa shape index (κ1) is 13.1. The van der Waals surface area contributed by atoms with Crippen molar-refractivity contribution >= 4 is 38.9 Å². The van der Waals surface area contributed by atoms with Gasteiger partial charge in [0, 0.05) is 20.3 Å². The molecule has 0 fully saturated rings. The fraction of sp³-hybridized carbons (Fsp3) is 0.231. The van der Waals surface area contributed by atoms with Crippen LogP contribution in [0.2, 0.25) is 5.02 Å². The van der Waals surface area contributed by atoms with Gasteiger partial charge in [0.1, 0.15) is 5.82 Å². The fourth-order valence-corrected chi connectivity index (χ4v) is 3.48. The van der Waals surface area contributed by atoms with E-state index in [1.807, 2.05) is 0 Å². The Balaban J connectivity index is 2.21. The van der Waals surface area contributed by atoms with Crippen molar-refractivity contribution in [3.05, 3.63) is 56.5 Å². The highest BCUT2D eigenvalue weighted by atomic mass is 79.9. The van der Waals surface area contributed by atoms with Crippen LogP contribution in [0.4, 0.5) is 4.39 Å². The first-order valence-electron chi connectivity index (χ1n) is 5.21. The molecule has 0 N–H and O–H groups in total. The summed E-state index contributed by atoms with van der Waals surface area (Å²) in [6.07, 6.45) is 0.561. The molecular weight excluding hydrogens is 323 g/mol. The van der Waals surface area contributed by atoms with Crippen LogP contribution < -0.4 is 0 Å². The molecule has 2 rings (SSSR count). The Morgan fingerprint density at radius 3 is 2.71 bits per heavy atom. The number of benzene rings is 1. The maximum absolute atomic E-state index is 13.6. The normalized spacial score (nSPS) is 12.7. The molecule has 17 heavy (non-hydrogen) atoms. The minimum absolute atomic E-state index is 0.107. The lowest BCUT2D eigenvalue weighted by atomic mass is 10.1. The van der Waals surface area contributed by atoms with Gasteiger partial charge in [0.25, 0.3) is 0 Å². The minimum Gasteiger partial charge on any atom is -0.207 e. The number of aryl methyl sites for hydroxylation is 1. The summed E-state index contributed by atoms with van der Waals surface area (Å²) in [6.45, 7) is 2.06. The second-order valence-electron chi connectivity index (χ2n) is 3.82. The lowest BCUT2D eigenvalue weighted by molar-refractivity contribution is 0.609. The maximum Gasteiger partial charge on any atom is 0.127 e. The average molecular weight is 334 g/mol. The lowest BCUT2D eigenvalue weighted by Gasteiger charge is -2.10. The van der Waals surface area contributed by atoms with Crippen molar-refractivity contribution in [1.29, 1.82) is 0 Å². The van der Waals surface area contributed by atoms with Crippen molar-refractivity contribution in [3.63, 3.8) is 0 Å². The van der Waals surface area contributed by atoms with Gasteiger partial charge >= 0.3 is 0 Å². The molecule has 0 radical (unpaired) electrons. The number of rotatable bonds is 3. The predicted octanol–water partition coefficient (Wildman–Crippen LogP) is 5.53. The monoisotopic (exact) mass is 332 g/mol. The molecule has 0 spiro atoms. The summed E-state index contributed by atoms with van der Waals surface area (Å²) in [4.78, 5) is 2.56. The van der Waals surface area contributed by atoms with Crippen molar-refractivity contribution in [2.75, 3.05) is 0 Å². The van der Waals surface area contributed by atoms with Gasteiger partial charge in [-0.05, 0) is 37.6 Å². The van der Waals surface area contributed by atoms with Crippen LogP contribution in [0, 0.1) is 12.7 Å². The summed E-state index contributed by atoms with van der Waals surface area (Å²) in [5.74, 6) is -0.241. The number of hydrogen-bond acceptors (Lipinski definition) is 1. The van der Waals surface area contributed by atoms with E-state index >= 15 is 0 Å². The molecular formula is C13H11BrClFS. The van der Waals surface area contributed by atoms with Gasteiger partial charge in [-0.3, -0.25) is 0 Å². The molecule has 2 aromatic rings. The average Bonchev–Trinajstić information content (AvgIpc) is 2.70. The molecule has 1 heterocycles. The standard InChI is InChI=1S/C13H11BrClFS/c1-8-5-6-13(17-8)10(14)7-9-11(15)3-2-4-12(9)16/h2-6,10H,7H2,1H3. The highest BCUT2D eigenvalue weighted by Gasteiger charge is 2.15. The maximum atomic E-state index is 13.6. The van der Waals surface area contributed by atoms with Crippen LogP contribution in [0.5, 0.6) is 0 Å². The zero-order valence-corrected chi connectivity index (χ0v) is 12.4. The third-order valence-corrected chi connectivity index (χ3v) is 5.10. The fourth-order valence-electron chi connectivity index (χ4n) is 1.63. The van der Waals surface area contributed by atoms with E-state index in [0.29, 0.717) is 17.0 Å². The van der Waals surface area contributed by atoms with Gasteiger partial charge in [0.05, 0.1) is 4.83 Å². The van der Waals surface area contributed by atoms with Gasteiger partial charge in [-0.1, -0.05) is 33.6 Å². The molecule has 0 saturated heterocycles. The van der Waals surface area contributed by atoms with Gasteiger partial charge in [-0.15, -0.1) is 11.3 Å². The van der Waals surface area contributed by atoms with Gasteiger partial charge < -0.3 is 0 Å². The van der Waals surface area contributed by atoms with Crippen molar-refractivity contribution in [2.24, 2.45) is 0 Å². The number of thiophene rings is 1. The Morgan fingerprint density at radius 2 is 2.12 bits per heavy atom. The van der Waals surface area contributed by atoms with Gasteiger partial charge in [0.2, 0.25) is 0 Å². The van der Waals surface area contributed by atoms with Crippen molar-refractivity contribution < 1.29 is 4.39 Å². The molecule has 1 unspecified atom stereocenters. The zero-order valence-electron chi connectivity index (χ0n) is 9.21. The Kier molecular flexibility index (Phi) is 4.23. The smallest absolute Gasteiger partial charge is 0.127 e. The Labute approximate surface area is 118 Å². The van der Waals surface area contributed by atoms with Crippen LogP contribution in [0.25, 0.3) is 0 Å². The predicted molar refractivity (Wildman–Crippen MR) is 75.8 cm³/mol. The Bertz CT molecular complexity index is 504. The molecule has 1 aromatic heterocycles. The Hall–Kier alpha value is -0.380. The van der Waals surface area contributed by atoms with Crippen LogP contribution >= 0.6 is 38.9 Å². The van der Waals surface area contributed by atoms with Crippen LogP contribution in [0.3, 0.4) is 0 Å². The van der Waals surface area contributed by atoms with E-state index in [1.54, 1.807) is 23.5 Å². The molecule has 1 atom stereocenters. The van der Waals surface area contributed by atoms with E-state index in [9.17, 15) is 4.39 Å². The van der Waals surface area contributed by atoms with Crippen molar-refractivity contribution in [2.45, 2.75) is 18.2 Å². The minimum atomic E-state index is -0.241. The molecule has 0 nitrogen and oxygen atoms in total. The van der Waals surface area contributed by atoms with E-state index in [2.05, 4.69) is 35.0 Å². The van der Waals surface area contributed by atoms with Crippen LogP contribution in [-0.2, 0) is 6.42 Å². The quantitative estimate of drug-likeness (QED) is 0.648. The largest absolute Gasteiger partial charge is 0.207 e. The summed E-state index contributed by atoms with van der Waals surface area (Å²) < 4.78 is 13.6. The first-order valence-corrected chi connectivity index (χ1v) is 7.32. The lowest BCUT2D eigenvalue weighted by Crippen LogP contribution is -1.97. The third-order valence-electron chi connectivity index (χ3n) is 2.51. The highest BCUT2D eigenvalue weighted by Crippen LogP contribution is 2.34. The SMILES string of the molecule is Cc1ccc(C(Br)Cc2c(F)cccc2Cl)s1. The summed E-state index contributed by atoms with van der Waals surface area (Å²) in [5, 5.41) is 0.489. The molecule has 0 amide bonds. The Morgan fingerprint density at radius 1 is 1.35 bits per heavy atom. The van der Waals surface area contributed by atoms with E-state index in [0.717, 1.165) is 0 Å². The number of halogens is 3. The number of hydrogen-bond donors (Lipinski definition) is 0. The second kappa shape index (κ2) is 5.51. The highest BCUT2D eigenvalue weighted by molar-refractivity contribution is 9.09. The van der Waals surface area contributed by atoms with Crippen LogP contribution in [0.1, 0.15) is 20.1 Å². The molecule has 0 saturated carbocycles. The van der Waals surface area contributed by atoms with Crippen LogP contribution in [0.15, 0.2) is 30.3 Å². The topological polar surface area (TPSA) is 0 Å². The molecule has 0 aliphatic carbocycles. The zero-order chi connectivity index (χ0) is 12.4. The summed E-state index contributed by atoms with van der Waals surface area (Å²) in [5.41, 5.74) is 0.571. The third kappa shape index (κ3) is 3.09. The van der Waals surface area contributed by atoms with Crippen molar-refractivity contribution in [1.82, 2.24) is 0 Å². The van der Waals surface area contributed by atoms with E-state index in [1.165, 1.54) is 15.8 Å². The van der Waals surface area contributed by atoms with Crippen molar-refractivity contribution in [3.8, 4) is 0 Å². The van der Waals surface area contributed by atoms with Gasteiger partial charge in [-0.25, -0.2) is 4.39 Å². The number of alkyl halides is 1. The first-order chi connectivity index (χ1) is 8.08. The molecule has 0 aliphatic rings. The van der Waals surface area contributed by atoms with Gasteiger partial charge in [0.15, 0.2) is 0 Å². The van der Waals surface area contributed by atoms with Crippen LogP contribution in [-0.4, -0.2) is 0 Å².